The fourth-order valence-corrected chi connectivity index (χ4v) is 1.17. The molecule has 0 saturated heterocycles. The highest BCUT2D eigenvalue weighted by atomic mass is 16.3. The van der Waals surface area contributed by atoms with Gasteiger partial charge in [0, 0.05) is 26.0 Å². The SMILES string of the molecule is CC(O)CN=Cc1ccc(N(C)C)cc1. The van der Waals surface area contributed by atoms with Crippen LogP contribution in [-0.2, 0) is 0 Å². The van der Waals surface area contributed by atoms with E-state index in [1.54, 1.807) is 13.1 Å². The molecule has 0 heterocycles. The van der Waals surface area contributed by atoms with Crippen molar-refractivity contribution in [2.24, 2.45) is 4.99 Å². The first-order valence-electron chi connectivity index (χ1n) is 5.05. The number of benzene rings is 1. The summed E-state index contributed by atoms with van der Waals surface area (Å²) in [7, 11) is 4.02. The summed E-state index contributed by atoms with van der Waals surface area (Å²) < 4.78 is 0. The average Bonchev–Trinajstić information content (AvgIpc) is 2.18. The normalized spacial score (nSPS) is 13.1. The summed E-state index contributed by atoms with van der Waals surface area (Å²) in [6.45, 7) is 2.18. The van der Waals surface area contributed by atoms with Crippen LogP contribution in [-0.4, -0.2) is 38.1 Å². The van der Waals surface area contributed by atoms with Crippen molar-refractivity contribution in [3.63, 3.8) is 0 Å². The van der Waals surface area contributed by atoms with Crippen LogP contribution in [0.1, 0.15) is 12.5 Å². The quantitative estimate of drug-likeness (QED) is 0.759. The van der Waals surface area contributed by atoms with Gasteiger partial charge in [-0.15, -0.1) is 0 Å². The number of aliphatic hydroxyl groups excluding tert-OH is 1. The van der Waals surface area contributed by atoms with Crippen LogP contribution in [0.15, 0.2) is 29.3 Å². The van der Waals surface area contributed by atoms with E-state index in [1.807, 2.05) is 38.4 Å². The van der Waals surface area contributed by atoms with Crippen molar-refractivity contribution in [1.29, 1.82) is 0 Å². The molecule has 1 unspecified atom stereocenters. The topological polar surface area (TPSA) is 35.8 Å². The van der Waals surface area contributed by atoms with Crippen molar-refractivity contribution in [3.8, 4) is 0 Å². The smallest absolute Gasteiger partial charge is 0.0707 e. The zero-order valence-electron chi connectivity index (χ0n) is 9.51. The zero-order valence-corrected chi connectivity index (χ0v) is 9.51. The summed E-state index contributed by atoms with van der Waals surface area (Å²) in [4.78, 5) is 6.18. The Hall–Kier alpha value is -1.35. The summed E-state index contributed by atoms with van der Waals surface area (Å²) in [5, 5.41) is 9.03. The maximum Gasteiger partial charge on any atom is 0.0707 e. The highest BCUT2D eigenvalue weighted by molar-refractivity contribution is 5.80. The molecule has 0 amide bonds. The second-order valence-electron chi connectivity index (χ2n) is 3.83. The Morgan fingerprint density at radius 1 is 1.33 bits per heavy atom. The molecule has 1 aromatic rings. The lowest BCUT2D eigenvalue weighted by Crippen LogP contribution is -2.08. The number of aliphatic hydroxyl groups is 1. The van der Waals surface area contributed by atoms with Crippen molar-refractivity contribution < 1.29 is 5.11 Å². The van der Waals surface area contributed by atoms with Gasteiger partial charge < -0.3 is 10.0 Å². The fraction of sp³-hybridized carbons (Fsp3) is 0.417. The van der Waals surface area contributed by atoms with E-state index in [-0.39, 0.29) is 6.10 Å². The molecular weight excluding hydrogens is 188 g/mol. The first-order valence-corrected chi connectivity index (χ1v) is 5.05. The van der Waals surface area contributed by atoms with Gasteiger partial charge in [0.2, 0.25) is 0 Å². The van der Waals surface area contributed by atoms with Crippen molar-refractivity contribution >= 4 is 11.9 Å². The van der Waals surface area contributed by atoms with E-state index in [9.17, 15) is 0 Å². The van der Waals surface area contributed by atoms with Crippen molar-refractivity contribution in [3.05, 3.63) is 29.8 Å². The number of aliphatic imine (C=N–C) groups is 1. The zero-order chi connectivity index (χ0) is 11.3. The van der Waals surface area contributed by atoms with Crippen LogP contribution in [0.3, 0.4) is 0 Å². The lowest BCUT2D eigenvalue weighted by Gasteiger charge is -2.11. The van der Waals surface area contributed by atoms with Gasteiger partial charge in [0.15, 0.2) is 0 Å². The Morgan fingerprint density at radius 3 is 2.40 bits per heavy atom. The van der Waals surface area contributed by atoms with Crippen LogP contribution in [0.2, 0.25) is 0 Å². The minimum absolute atomic E-state index is 0.373. The van der Waals surface area contributed by atoms with E-state index >= 15 is 0 Å². The van der Waals surface area contributed by atoms with Crippen LogP contribution in [0.5, 0.6) is 0 Å². The second-order valence-corrected chi connectivity index (χ2v) is 3.83. The van der Waals surface area contributed by atoms with Crippen molar-refractivity contribution in [2.75, 3.05) is 25.5 Å². The highest BCUT2D eigenvalue weighted by Crippen LogP contribution is 2.10. The van der Waals surface area contributed by atoms with Crippen LogP contribution >= 0.6 is 0 Å². The molecule has 1 N–H and O–H groups in total. The number of nitrogens with zero attached hydrogens (tertiary/aromatic N) is 2. The van der Waals surface area contributed by atoms with Gasteiger partial charge in [0.1, 0.15) is 0 Å². The largest absolute Gasteiger partial charge is 0.391 e. The molecule has 0 bridgehead atoms. The average molecular weight is 206 g/mol. The first-order chi connectivity index (χ1) is 7.09. The van der Waals surface area contributed by atoms with E-state index in [0.29, 0.717) is 6.54 Å². The Labute approximate surface area is 91.1 Å². The molecule has 0 fully saturated rings. The van der Waals surface area contributed by atoms with Crippen LogP contribution < -0.4 is 4.90 Å². The van der Waals surface area contributed by atoms with Gasteiger partial charge >= 0.3 is 0 Å². The number of anilines is 1. The van der Waals surface area contributed by atoms with E-state index in [4.69, 9.17) is 5.11 Å². The minimum atomic E-state index is -0.373. The standard InChI is InChI=1S/C12H18N2O/c1-10(15)8-13-9-11-4-6-12(7-5-11)14(2)3/h4-7,9-10,15H,8H2,1-3H3. The lowest BCUT2D eigenvalue weighted by molar-refractivity contribution is 0.204. The maximum absolute atomic E-state index is 9.03. The lowest BCUT2D eigenvalue weighted by atomic mass is 10.2. The van der Waals surface area contributed by atoms with E-state index in [1.165, 1.54) is 5.69 Å². The molecule has 0 aliphatic rings. The molecule has 15 heavy (non-hydrogen) atoms. The predicted molar refractivity (Wildman–Crippen MR) is 64.9 cm³/mol. The van der Waals surface area contributed by atoms with Gasteiger partial charge in [-0.3, -0.25) is 4.99 Å². The van der Waals surface area contributed by atoms with Crippen molar-refractivity contribution in [2.45, 2.75) is 13.0 Å². The maximum atomic E-state index is 9.03. The number of hydrogen-bond acceptors (Lipinski definition) is 3. The Balaban J connectivity index is 2.60. The molecule has 0 aromatic heterocycles. The predicted octanol–water partition coefficient (Wildman–Crippen LogP) is 1.55. The number of hydrogen-bond donors (Lipinski definition) is 1. The molecule has 0 aliphatic carbocycles. The Kier molecular flexibility index (Phi) is 4.31. The second kappa shape index (κ2) is 5.51. The first kappa shape index (κ1) is 11.7. The van der Waals surface area contributed by atoms with Crippen LogP contribution in [0.4, 0.5) is 5.69 Å². The van der Waals surface area contributed by atoms with Gasteiger partial charge in [0.05, 0.1) is 12.6 Å². The number of rotatable bonds is 4. The van der Waals surface area contributed by atoms with E-state index in [0.717, 1.165) is 5.56 Å². The minimum Gasteiger partial charge on any atom is -0.391 e. The van der Waals surface area contributed by atoms with Gasteiger partial charge in [-0.25, -0.2) is 0 Å². The molecule has 0 aliphatic heterocycles. The molecule has 0 saturated carbocycles. The van der Waals surface area contributed by atoms with Crippen LogP contribution in [0.25, 0.3) is 0 Å². The van der Waals surface area contributed by atoms with E-state index in [2.05, 4.69) is 9.89 Å². The summed E-state index contributed by atoms with van der Waals surface area (Å²) in [5.41, 5.74) is 2.23. The third kappa shape index (κ3) is 4.13. The summed E-state index contributed by atoms with van der Waals surface area (Å²) in [5.74, 6) is 0. The van der Waals surface area contributed by atoms with Gasteiger partial charge in [-0.05, 0) is 24.6 Å². The highest BCUT2D eigenvalue weighted by Gasteiger charge is 1.94. The molecule has 3 nitrogen and oxygen atoms in total. The third-order valence-corrected chi connectivity index (χ3v) is 2.02. The Bertz CT molecular complexity index is 315. The van der Waals surface area contributed by atoms with Crippen LogP contribution in [0, 0.1) is 0 Å². The summed E-state index contributed by atoms with van der Waals surface area (Å²) >= 11 is 0. The molecule has 1 aromatic carbocycles. The molecule has 0 radical (unpaired) electrons. The van der Waals surface area contributed by atoms with Gasteiger partial charge in [-0.2, -0.15) is 0 Å². The monoisotopic (exact) mass is 206 g/mol. The Morgan fingerprint density at radius 2 is 1.93 bits per heavy atom. The fourth-order valence-electron chi connectivity index (χ4n) is 1.17. The molecule has 0 spiro atoms. The van der Waals surface area contributed by atoms with E-state index < -0.39 is 0 Å². The molecule has 82 valence electrons. The van der Waals surface area contributed by atoms with Gasteiger partial charge in [-0.1, -0.05) is 12.1 Å². The molecule has 1 atom stereocenters. The third-order valence-electron chi connectivity index (χ3n) is 2.02. The molecule has 3 heteroatoms. The van der Waals surface area contributed by atoms with Gasteiger partial charge in [0.25, 0.3) is 0 Å². The van der Waals surface area contributed by atoms with Crippen molar-refractivity contribution in [1.82, 2.24) is 0 Å². The molecular formula is C12H18N2O. The summed E-state index contributed by atoms with van der Waals surface area (Å²) in [6, 6.07) is 8.12. The summed E-state index contributed by atoms with van der Waals surface area (Å²) in [6.07, 6.45) is 1.41. The molecule has 1 rings (SSSR count).